The van der Waals surface area contributed by atoms with Crippen molar-refractivity contribution >= 4 is 15.7 Å². The van der Waals surface area contributed by atoms with Gasteiger partial charge in [-0.15, -0.1) is 0 Å². The lowest BCUT2D eigenvalue weighted by Gasteiger charge is -2.10. The normalized spacial score (nSPS) is 11.0. The van der Waals surface area contributed by atoms with Crippen molar-refractivity contribution in [2.45, 2.75) is 4.90 Å². The van der Waals surface area contributed by atoms with Crippen LogP contribution in [0.25, 0.3) is 0 Å². The summed E-state index contributed by atoms with van der Waals surface area (Å²) < 4.78 is 65.8. The van der Waals surface area contributed by atoms with Gasteiger partial charge in [-0.3, -0.25) is 4.72 Å². The number of sulfonamides is 1. The predicted molar refractivity (Wildman–Crippen MR) is 68.3 cm³/mol. The molecule has 108 valence electrons. The monoisotopic (exact) mass is 312 g/mol. The average molecular weight is 312 g/mol. The Morgan fingerprint density at radius 3 is 2.19 bits per heavy atom. The summed E-state index contributed by atoms with van der Waals surface area (Å²) in [6.45, 7) is 0. The molecule has 0 spiro atoms. The first kappa shape index (κ1) is 14.9. The Morgan fingerprint density at radius 1 is 1.00 bits per heavy atom. The molecule has 0 amide bonds. The fourth-order valence-electron chi connectivity index (χ4n) is 1.55. The van der Waals surface area contributed by atoms with E-state index >= 15 is 0 Å². The quantitative estimate of drug-likeness (QED) is 0.947. The molecule has 2 aromatic carbocycles. The van der Waals surface area contributed by atoms with Crippen LogP contribution in [0.15, 0.2) is 41.3 Å². The van der Waals surface area contributed by atoms with Crippen molar-refractivity contribution in [1.82, 2.24) is 0 Å². The number of hydrogen-bond acceptors (Lipinski definition) is 3. The maximum Gasteiger partial charge on any atom is 0.262 e. The molecule has 0 aliphatic heterocycles. The second-order valence-electron chi connectivity index (χ2n) is 3.96. The van der Waals surface area contributed by atoms with Crippen LogP contribution in [0, 0.1) is 28.8 Å². The van der Waals surface area contributed by atoms with Crippen LogP contribution in [0.2, 0.25) is 0 Å². The van der Waals surface area contributed by atoms with E-state index in [-0.39, 0.29) is 0 Å². The lowest BCUT2D eigenvalue weighted by Crippen LogP contribution is -2.15. The molecule has 2 rings (SSSR count). The third kappa shape index (κ3) is 2.98. The number of anilines is 1. The number of nitrogens with zero attached hydrogens (tertiary/aromatic N) is 1. The number of hydrogen-bond donors (Lipinski definition) is 1. The van der Waals surface area contributed by atoms with Gasteiger partial charge in [-0.2, -0.15) is 5.26 Å². The standard InChI is InChI=1S/C13H7F3N2O2S/c14-10-5-4-9(6-8(10)7-17)21(19,20)18-13-11(15)2-1-3-12(13)16/h1-6,18H. The van der Waals surface area contributed by atoms with E-state index in [1.54, 1.807) is 4.72 Å². The Balaban J connectivity index is 2.47. The minimum Gasteiger partial charge on any atom is -0.274 e. The third-order valence-electron chi connectivity index (χ3n) is 2.57. The summed E-state index contributed by atoms with van der Waals surface area (Å²) >= 11 is 0. The molecule has 0 heterocycles. The highest BCUT2D eigenvalue weighted by Gasteiger charge is 2.20. The lowest BCUT2D eigenvalue weighted by molar-refractivity contribution is 0.582. The van der Waals surface area contributed by atoms with Gasteiger partial charge in [-0.05, 0) is 30.3 Å². The summed E-state index contributed by atoms with van der Waals surface area (Å²) in [4.78, 5) is -0.483. The van der Waals surface area contributed by atoms with Crippen molar-refractivity contribution in [3.8, 4) is 6.07 Å². The van der Waals surface area contributed by atoms with Crippen LogP contribution in [0.5, 0.6) is 0 Å². The highest BCUT2D eigenvalue weighted by molar-refractivity contribution is 7.92. The molecule has 21 heavy (non-hydrogen) atoms. The number of nitriles is 1. The topological polar surface area (TPSA) is 70.0 Å². The molecule has 0 bridgehead atoms. The van der Waals surface area contributed by atoms with E-state index in [2.05, 4.69) is 0 Å². The molecule has 0 saturated heterocycles. The Kier molecular flexibility index (Phi) is 3.86. The highest BCUT2D eigenvalue weighted by Crippen LogP contribution is 2.23. The lowest BCUT2D eigenvalue weighted by atomic mass is 10.2. The summed E-state index contributed by atoms with van der Waals surface area (Å²) in [7, 11) is -4.36. The molecule has 1 N–H and O–H groups in total. The maximum atomic E-state index is 13.4. The van der Waals surface area contributed by atoms with Crippen LogP contribution in [0.4, 0.5) is 18.9 Å². The predicted octanol–water partition coefficient (Wildman–Crippen LogP) is 2.78. The smallest absolute Gasteiger partial charge is 0.262 e. The first-order valence-corrected chi connectivity index (χ1v) is 7.00. The van der Waals surface area contributed by atoms with Crippen LogP contribution < -0.4 is 4.72 Å². The Hall–Kier alpha value is -2.53. The zero-order valence-electron chi connectivity index (χ0n) is 10.3. The van der Waals surface area contributed by atoms with Gasteiger partial charge in [0.2, 0.25) is 0 Å². The van der Waals surface area contributed by atoms with Gasteiger partial charge in [0, 0.05) is 0 Å². The van der Waals surface area contributed by atoms with E-state index in [0.29, 0.717) is 0 Å². The molecule has 0 aliphatic carbocycles. The Bertz CT molecular complexity index is 825. The van der Waals surface area contributed by atoms with Crippen LogP contribution in [0.3, 0.4) is 0 Å². The maximum absolute atomic E-state index is 13.4. The van der Waals surface area contributed by atoms with E-state index in [1.807, 2.05) is 0 Å². The van der Waals surface area contributed by atoms with Crippen molar-refractivity contribution in [3.05, 3.63) is 59.4 Å². The minimum absolute atomic E-state index is 0.483. The molecule has 0 fully saturated rings. The SMILES string of the molecule is N#Cc1cc(S(=O)(=O)Nc2c(F)cccc2F)ccc1F. The average Bonchev–Trinajstić information content (AvgIpc) is 2.43. The van der Waals surface area contributed by atoms with Gasteiger partial charge in [0.15, 0.2) is 0 Å². The van der Waals surface area contributed by atoms with Gasteiger partial charge in [0.05, 0.1) is 10.5 Å². The molecule has 4 nitrogen and oxygen atoms in total. The highest BCUT2D eigenvalue weighted by atomic mass is 32.2. The van der Waals surface area contributed by atoms with E-state index in [4.69, 9.17) is 5.26 Å². The van der Waals surface area contributed by atoms with Crippen molar-refractivity contribution in [2.24, 2.45) is 0 Å². The molecule has 0 aliphatic rings. The molecule has 8 heteroatoms. The molecule has 0 radical (unpaired) electrons. The fraction of sp³-hybridized carbons (Fsp3) is 0. The molecule has 0 atom stereocenters. The van der Waals surface area contributed by atoms with E-state index in [1.165, 1.54) is 6.07 Å². The minimum atomic E-state index is -4.36. The Labute approximate surface area is 118 Å². The molecule has 0 unspecified atom stereocenters. The molecule has 0 saturated carbocycles. The van der Waals surface area contributed by atoms with Gasteiger partial charge in [-0.1, -0.05) is 6.07 Å². The summed E-state index contributed by atoms with van der Waals surface area (Å²) in [6, 6.07) is 6.76. The summed E-state index contributed by atoms with van der Waals surface area (Å²) in [5.74, 6) is -3.09. The summed E-state index contributed by atoms with van der Waals surface area (Å²) in [6.07, 6.45) is 0. The van der Waals surface area contributed by atoms with Crippen molar-refractivity contribution < 1.29 is 21.6 Å². The van der Waals surface area contributed by atoms with Crippen LogP contribution in [-0.4, -0.2) is 8.42 Å². The largest absolute Gasteiger partial charge is 0.274 e. The van der Waals surface area contributed by atoms with Crippen LogP contribution in [-0.2, 0) is 10.0 Å². The first-order valence-electron chi connectivity index (χ1n) is 5.51. The second kappa shape index (κ2) is 5.46. The van der Waals surface area contributed by atoms with E-state index in [0.717, 1.165) is 36.4 Å². The number of para-hydroxylation sites is 1. The Morgan fingerprint density at radius 2 is 1.62 bits per heavy atom. The van der Waals surface area contributed by atoms with E-state index < -0.39 is 43.6 Å². The third-order valence-corrected chi connectivity index (χ3v) is 3.92. The van der Waals surface area contributed by atoms with Gasteiger partial charge in [-0.25, -0.2) is 21.6 Å². The second-order valence-corrected chi connectivity index (χ2v) is 5.64. The van der Waals surface area contributed by atoms with Crippen molar-refractivity contribution in [2.75, 3.05) is 4.72 Å². The van der Waals surface area contributed by atoms with E-state index in [9.17, 15) is 21.6 Å². The fourth-order valence-corrected chi connectivity index (χ4v) is 2.65. The molecule has 0 aromatic heterocycles. The summed E-state index contributed by atoms with van der Waals surface area (Å²) in [5, 5.41) is 8.66. The summed E-state index contributed by atoms with van der Waals surface area (Å²) in [5.41, 5.74) is -1.34. The van der Waals surface area contributed by atoms with Gasteiger partial charge < -0.3 is 0 Å². The first-order chi connectivity index (χ1) is 9.85. The zero-order valence-corrected chi connectivity index (χ0v) is 11.1. The zero-order chi connectivity index (χ0) is 15.6. The van der Waals surface area contributed by atoms with Crippen molar-refractivity contribution in [1.29, 1.82) is 5.26 Å². The van der Waals surface area contributed by atoms with Gasteiger partial charge in [0.1, 0.15) is 29.2 Å². The number of halogens is 3. The molecule has 2 aromatic rings. The van der Waals surface area contributed by atoms with Crippen molar-refractivity contribution in [3.63, 3.8) is 0 Å². The van der Waals surface area contributed by atoms with Crippen LogP contribution in [0.1, 0.15) is 5.56 Å². The van der Waals surface area contributed by atoms with Gasteiger partial charge >= 0.3 is 0 Å². The molecular weight excluding hydrogens is 305 g/mol. The number of rotatable bonds is 3. The van der Waals surface area contributed by atoms with Gasteiger partial charge in [0.25, 0.3) is 10.0 Å². The molecular formula is C13H7F3N2O2S. The number of benzene rings is 2. The van der Waals surface area contributed by atoms with Crippen LogP contribution >= 0.6 is 0 Å². The number of nitrogens with one attached hydrogen (secondary N) is 1.